The maximum absolute atomic E-state index is 5.42. The van der Waals surface area contributed by atoms with Crippen molar-refractivity contribution in [3.63, 3.8) is 0 Å². The number of rotatable bonds is 4. The van der Waals surface area contributed by atoms with Crippen LogP contribution in [0.25, 0.3) is 16.9 Å². The number of nitrogens with zero attached hydrogens (tertiary/aromatic N) is 5. The van der Waals surface area contributed by atoms with E-state index in [2.05, 4.69) is 49.4 Å². The molecule has 4 heterocycles. The van der Waals surface area contributed by atoms with E-state index in [1.807, 2.05) is 35.1 Å². The Morgan fingerprint density at radius 1 is 0.929 bits per heavy atom. The van der Waals surface area contributed by atoms with Gasteiger partial charge in [0.15, 0.2) is 11.5 Å². The highest BCUT2D eigenvalue weighted by Crippen LogP contribution is 2.26. The van der Waals surface area contributed by atoms with Gasteiger partial charge in [0, 0.05) is 54.8 Å². The van der Waals surface area contributed by atoms with E-state index in [1.54, 1.807) is 12.4 Å². The summed E-state index contributed by atoms with van der Waals surface area (Å²) in [4.78, 5) is 15.6. The maximum atomic E-state index is 5.42. The fraction of sp³-hybridized carbons (Fsp3) is 0.190. The maximum Gasteiger partial charge on any atom is 0.180 e. The third kappa shape index (κ3) is 3.16. The largest absolute Gasteiger partial charge is 0.378 e. The molecule has 0 amide bonds. The van der Waals surface area contributed by atoms with E-state index in [0.717, 1.165) is 54.7 Å². The van der Waals surface area contributed by atoms with E-state index in [-0.39, 0.29) is 0 Å². The average Bonchev–Trinajstić information content (AvgIpc) is 3.26. The fourth-order valence-electron chi connectivity index (χ4n) is 3.45. The molecule has 1 N–H and O–H groups in total. The lowest BCUT2D eigenvalue weighted by Crippen LogP contribution is -2.36. The minimum absolute atomic E-state index is 0.719. The van der Waals surface area contributed by atoms with Gasteiger partial charge in [-0.25, -0.2) is 9.97 Å². The van der Waals surface area contributed by atoms with Gasteiger partial charge in [0.1, 0.15) is 0 Å². The highest BCUT2D eigenvalue weighted by atomic mass is 16.5. The Kier molecular flexibility index (Phi) is 4.34. The van der Waals surface area contributed by atoms with Gasteiger partial charge in [0.05, 0.1) is 25.1 Å². The molecule has 0 aliphatic carbocycles. The summed E-state index contributed by atoms with van der Waals surface area (Å²) in [5.41, 5.74) is 4.91. The van der Waals surface area contributed by atoms with Crippen LogP contribution in [0.1, 0.15) is 0 Å². The highest BCUT2D eigenvalue weighted by molar-refractivity contribution is 5.74. The molecule has 1 aliphatic heterocycles. The van der Waals surface area contributed by atoms with Crippen LogP contribution in [0.15, 0.2) is 67.4 Å². The van der Waals surface area contributed by atoms with Crippen LogP contribution in [0.2, 0.25) is 0 Å². The quantitative estimate of drug-likeness (QED) is 0.592. The number of morpholine rings is 1. The first-order valence-electron chi connectivity index (χ1n) is 9.31. The van der Waals surface area contributed by atoms with Gasteiger partial charge >= 0.3 is 0 Å². The SMILES string of the molecule is c1cncc(-c2cnc(Nc3ccc(N4CCOCC4)cc3)c3nccn23)c1. The summed E-state index contributed by atoms with van der Waals surface area (Å²) in [6.45, 7) is 3.42. The molecule has 0 unspecified atom stereocenters. The molecule has 1 fully saturated rings. The van der Waals surface area contributed by atoms with Crippen LogP contribution in [0.3, 0.4) is 0 Å². The molecule has 0 bridgehead atoms. The Hall–Kier alpha value is -3.45. The zero-order valence-electron chi connectivity index (χ0n) is 15.3. The van der Waals surface area contributed by atoms with Gasteiger partial charge in [-0.2, -0.15) is 0 Å². The van der Waals surface area contributed by atoms with Crippen LogP contribution >= 0.6 is 0 Å². The molecule has 28 heavy (non-hydrogen) atoms. The van der Waals surface area contributed by atoms with E-state index >= 15 is 0 Å². The van der Waals surface area contributed by atoms with Gasteiger partial charge < -0.3 is 15.0 Å². The summed E-state index contributed by atoms with van der Waals surface area (Å²) < 4.78 is 7.45. The first-order chi connectivity index (χ1) is 13.9. The third-order valence-corrected chi connectivity index (χ3v) is 4.89. The number of fused-ring (bicyclic) bond motifs is 1. The Balaban J connectivity index is 1.42. The van der Waals surface area contributed by atoms with Crippen molar-refractivity contribution >= 4 is 22.8 Å². The van der Waals surface area contributed by atoms with Crippen LogP contribution in [0.4, 0.5) is 17.2 Å². The molecule has 1 aromatic carbocycles. The van der Waals surface area contributed by atoms with Gasteiger partial charge in [-0.05, 0) is 36.4 Å². The molecule has 7 heteroatoms. The number of nitrogens with one attached hydrogen (secondary N) is 1. The summed E-state index contributed by atoms with van der Waals surface area (Å²) in [6.07, 6.45) is 9.15. The minimum Gasteiger partial charge on any atom is -0.378 e. The van der Waals surface area contributed by atoms with Crippen molar-refractivity contribution in [3.05, 3.63) is 67.4 Å². The van der Waals surface area contributed by atoms with Crippen LogP contribution in [0, 0.1) is 0 Å². The molecule has 1 aliphatic rings. The van der Waals surface area contributed by atoms with Crippen molar-refractivity contribution in [2.45, 2.75) is 0 Å². The van der Waals surface area contributed by atoms with Crippen LogP contribution in [-0.4, -0.2) is 45.7 Å². The Bertz CT molecular complexity index is 1070. The highest BCUT2D eigenvalue weighted by Gasteiger charge is 2.12. The molecule has 0 spiro atoms. The molecule has 7 nitrogen and oxygen atoms in total. The topological polar surface area (TPSA) is 67.6 Å². The molecule has 4 aromatic rings. The van der Waals surface area contributed by atoms with Crippen molar-refractivity contribution in [1.82, 2.24) is 19.4 Å². The van der Waals surface area contributed by atoms with E-state index in [0.29, 0.717) is 0 Å². The smallest absolute Gasteiger partial charge is 0.180 e. The normalized spacial score (nSPS) is 14.4. The number of pyridine rings is 1. The number of hydrogen-bond donors (Lipinski definition) is 1. The van der Waals surface area contributed by atoms with E-state index in [4.69, 9.17) is 4.74 Å². The number of aromatic nitrogens is 4. The van der Waals surface area contributed by atoms with Crippen LogP contribution < -0.4 is 10.2 Å². The molecule has 0 radical (unpaired) electrons. The summed E-state index contributed by atoms with van der Waals surface area (Å²) in [5.74, 6) is 0.719. The molecule has 140 valence electrons. The molecule has 1 saturated heterocycles. The Labute approximate surface area is 162 Å². The standard InChI is InChI=1S/C21H20N6O/c1-2-16(14-22-7-1)19-15-24-20(21-23-8-9-27(19)21)25-17-3-5-18(6-4-17)26-10-12-28-13-11-26/h1-9,14-15H,10-13H2,(H,24,25). The zero-order chi connectivity index (χ0) is 18.8. The van der Waals surface area contributed by atoms with E-state index in [9.17, 15) is 0 Å². The second-order valence-corrected chi connectivity index (χ2v) is 6.63. The lowest BCUT2D eigenvalue weighted by Gasteiger charge is -2.28. The second kappa shape index (κ2) is 7.28. The summed E-state index contributed by atoms with van der Waals surface area (Å²) in [6, 6.07) is 12.3. The number of imidazole rings is 1. The van der Waals surface area contributed by atoms with Gasteiger partial charge in [0.2, 0.25) is 0 Å². The number of benzene rings is 1. The zero-order valence-corrected chi connectivity index (χ0v) is 15.3. The molecule has 0 atom stereocenters. The first kappa shape index (κ1) is 16.7. The lowest BCUT2D eigenvalue weighted by atomic mass is 10.2. The third-order valence-electron chi connectivity index (χ3n) is 4.89. The van der Waals surface area contributed by atoms with Crippen molar-refractivity contribution in [2.75, 3.05) is 36.5 Å². The van der Waals surface area contributed by atoms with Gasteiger partial charge in [0.25, 0.3) is 0 Å². The molecular weight excluding hydrogens is 352 g/mol. The lowest BCUT2D eigenvalue weighted by molar-refractivity contribution is 0.122. The Morgan fingerprint density at radius 3 is 2.57 bits per heavy atom. The molecule has 0 saturated carbocycles. The van der Waals surface area contributed by atoms with Crippen molar-refractivity contribution < 1.29 is 4.74 Å². The number of ether oxygens (including phenoxy) is 1. The predicted molar refractivity (Wildman–Crippen MR) is 109 cm³/mol. The monoisotopic (exact) mass is 372 g/mol. The second-order valence-electron chi connectivity index (χ2n) is 6.63. The summed E-state index contributed by atoms with van der Waals surface area (Å²) in [7, 11) is 0. The molecular formula is C21H20N6O. The van der Waals surface area contributed by atoms with Gasteiger partial charge in [-0.1, -0.05) is 0 Å². The first-order valence-corrected chi connectivity index (χ1v) is 9.31. The van der Waals surface area contributed by atoms with Crippen LogP contribution in [-0.2, 0) is 4.74 Å². The Morgan fingerprint density at radius 2 is 1.79 bits per heavy atom. The van der Waals surface area contributed by atoms with Crippen molar-refractivity contribution in [1.29, 1.82) is 0 Å². The summed E-state index contributed by atoms with van der Waals surface area (Å²) in [5, 5.41) is 3.39. The molecule has 3 aromatic heterocycles. The minimum atomic E-state index is 0.719. The number of anilines is 3. The van der Waals surface area contributed by atoms with E-state index < -0.39 is 0 Å². The average molecular weight is 372 g/mol. The van der Waals surface area contributed by atoms with Crippen LogP contribution in [0.5, 0.6) is 0 Å². The number of hydrogen-bond acceptors (Lipinski definition) is 6. The predicted octanol–water partition coefficient (Wildman–Crippen LogP) is 3.37. The van der Waals surface area contributed by atoms with Crippen molar-refractivity contribution in [3.8, 4) is 11.3 Å². The van der Waals surface area contributed by atoms with Gasteiger partial charge in [-0.15, -0.1) is 0 Å². The fourth-order valence-corrected chi connectivity index (χ4v) is 3.45. The van der Waals surface area contributed by atoms with Crippen molar-refractivity contribution in [2.24, 2.45) is 0 Å². The van der Waals surface area contributed by atoms with Gasteiger partial charge in [-0.3, -0.25) is 9.38 Å². The molecule has 5 rings (SSSR count). The summed E-state index contributed by atoms with van der Waals surface area (Å²) >= 11 is 0. The van der Waals surface area contributed by atoms with E-state index in [1.165, 1.54) is 5.69 Å².